The Kier molecular flexibility index (Phi) is 5.96. The molecular weight excluding hydrogens is 356 g/mol. The fourth-order valence-electron chi connectivity index (χ4n) is 2.66. The molecular formula is C21H20N4O3. The van der Waals surface area contributed by atoms with Crippen molar-refractivity contribution >= 4 is 29.1 Å². The lowest BCUT2D eigenvalue weighted by atomic mass is 10.2. The number of para-hydroxylation sites is 1. The largest absolute Gasteiger partial charge is 0.465 e. The molecule has 0 aliphatic rings. The maximum Gasteiger partial charge on any atom is 0.337 e. The fourth-order valence-corrected chi connectivity index (χ4v) is 2.66. The first-order valence-electron chi connectivity index (χ1n) is 8.78. The van der Waals surface area contributed by atoms with Gasteiger partial charge in [-0.2, -0.15) is 0 Å². The van der Waals surface area contributed by atoms with Gasteiger partial charge in [0.15, 0.2) is 11.5 Å². The molecule has 3 rings (SSSR count). The number of aromatic nitrogens is 2. The normalized spacial score (nSPS) is 10.2. The van der Waals surface area contributed by atoms with Crippen LogP contribution in [0.2, 0.25) is 0 Å². The van der Waals surface area contributed by atoms with Crippen LogP contribution in [0.5, 0.6) is 0 Å². The number of nitrogens with one attached hydrogen (secondary N) is 1. The van der Waals surface area contributed by atoms with Crippen LogP contribution in [-0.4, -0.2) is 35.7 Å². The van der Waals surface area contributed by atoms with Crippen molar-refractivity contribution in [2.75, 3.05) is 23.9 Å². The average Bonchev–Trinajstić information content (AvgIpc) is 2.75. The molecule has 0 spiro atoms. The van der Waals surface area contributed by atoms with Gasteiger partial charge in [-0.15, -0.1) is 10.2 Å². The van der Waals surface area contributed by atoms with Gasteiger partial charge in [0.2, 0.25) is 0 Å². The van der Waals surface area contributed by atoms with Gasteiger partial charge in [-0.3, -0.25) is 4.79 Å². The van der Waals surface area contributed by atoms with E-state index in [4.69, 9.17) is 0 Å². The second kappa shape index (κ2) is 8.77. The predicted octanol–water partition coefficient (Wildman–Crippen LogP) is 3.67. The van der Waals surface area contributed by atoms with Crippen molar-refractivity contribution in [3.05, 3.63) is 78.0 Å². The Balaban J connectivity index is 1.71. The van der Waals surface area contributed by atoms with Crippen LogP contribution in [0.3, 0.4) is 0 Å². The maximum absolute atomic E-state index is 12.7. The lowest BCUT2D eigenvalue weighted by Crippen LogP contribution is -2.31. The minimum atomic E-state index is -0.395. The number of benzene rings is 2. The third-order valence-electron chi connectivity index (χ3n) is 4.09. The van der Waals surface area contributed by atoms with E-state index in [1.165, 1.54) is 7.11 Å². The molecule has 2 aromatic carbocycles. The van der Waals surface area contributed by atoms with E-state index in [1.807, 2.05) is 37.3 Å². The van der Waals surface area contributed by atoms with E-state index < -0.39 is 5.97 Å². The first kappa shape index (κ1) is 19.0. The molecule has 1 N–H and O–H groups in total. The summed E-state index contributed by atoms with van der Waals surface area (Å²) in [5, 5.41) is 11.2. The van der Waals surface area contributed by atoms with E-state index in [9.17, 15) is 9.59 Å². The summed E-state index contributed by atoms with van der Waals surface area (Å²) in [5.41, 5.74) is 2.27. The number of amides is 1. The lowest BCUT2D eigenvalue weighted by molar-refractivity contribution is 0.0600. The van der Waals surface area contributed by atoms with Gasteiger partial charge in [0.1, 0.15) is 0 Å². The van der Waals surface area contributed by atoms with E-state index >= 15 is 0 Å². The Morgan fingerprint density at radius 1 is 0.964 bits per heavy atom. The number of esters is 1. The Labute approximate surface area is 163 Å². The molecule has 0 atom stereocenters. The molecule has 0 aliphatic carbocycles. The summed E-state index contributed by atoms with van der Waals surface area (Å²) in [6.07, 6.45) is 0. The smallest absolute Gasteiger partial charge is 0.337 e. The first-order valence-corrected chi connectivity index (χ1v) is 8.78. The number of hydrogen-bond donors (Lipinski definition) is 1. The van der Waals surface area contributed by atoms with Crippen molar-refractivity contribution in [2.24, 2.45) is 0 Å². The van der Waals surface area contributed by atoms with Gasteiger partial charge in [-0.25, -0.2) is 4.79 Å². The number of carbonyl (C=O) groups excluding carboxylic acids is 2. The van der Waals surface area contributed by atoms with Crippen LogP contribution in [0, 0.1) is 0 Å². The summed E-state index contributed by atoms with van der Waals surface area (Å²) in [6, 6.07) is 19.5. The topological polar surface area (TPSA) is 84.4 Å². The van der Waals surface area contributed by atoms with Crippen LogP contribution in [0.1, 0.15) is 27.8 Å². The molecule has 1 heterocycles. The molecule has 1 aromatic heterocycles. The Bertz CT molecular complexity index is 942. The van der Waals surface area contributed by atoms with Crippen molar-refractivity contribution in [1.29, 1.82) is 0 Å². The molecule has 0 fully saturated rings. The molecule has 0 saturated carbocycles. The van der Waals surface area contributed by atoms with E-state index in [0.717, 1.165) is 11.4 Å². The van der Waals surface area contributed by atoms with Crippen molar-refractivity contribution in [3.8, 4) is 0 Å². The van der Waals surface area contributed by atoms with Crippen molar-refractivity contribution in [2.45, 2.75) is 6.92 Å². The number of nitrogens with zero attached hydrogens (tertiary/aromatic N) is 3. The highest BCUT2D eigenvalue weighted by Gasteiger charge is 2.17. The molecule has 0 unspecified atom stereocenters. The highest BCUT2D eigenvalue weighted by molar-refractivity contribution is 6.04. The second-order valence-corrected chi connectivity index (χ2v) is 5.88. The SMILES string of the molecule is CCN(C(=O)c1ccc(Nc2ccc(C(=O)OC)cc2)nn1)c1ccccc1. The summed E-state index contributed by atoms with van der Waals surface area (Å²) in [7, 11) is 1.34. The number of carbonyl (C=O) groups is 2. The molecule has 0 aliphatic heterocycles. The van der Waals surface area contributed by atoms with Gasteiger partial charge >= 0.3 is 5.97 Å². The van der Waals surface area contributed by atoms with Crippen LogP contribution in [0.25, 0.3) is 0 Å². The summed E-state index contributed by atoms with van der Waals surface area (Å²) in [6.45, 7) is 2.43. The molecule has 1 amide bonds. The summed E-state index contributed by atoms with van der Waals surface area (Å²) < 4.78 is 4.67. The Hall–Kier alpha value is -3.74. The molecule has 142 valence electrons. The summed E-state index contributed by atoms with van der Waals surface area (Å²) >= 11 is 0. The molecule has 28 heavy (non-hydrogen) atoms. The highest BCUT2D eigenvalue weighted by atomic mass is 16.5. The van der Waals surface area contributed by atoms with Gasteiger partial charge in [0, 0.05) is 17.9 Å². The highest BCUT2D eigenvalue weighted by Crippen LogP contribution is 2.18. The Morgan fingerprint density at radius 3 is 2.25 bits per heavy atom. The van der Waals surface area contributed by atoms with E-state index in [-0.39, 0.29) is 11.6 Å². The standard InChI is InChI=1S/C21H20N4O3/c1-3-25(17-7-5-4-6-8-17)20(26)18-13-14-19(24-23-18)22-16-11-9-15(10-12-16)21(27)28-2/h4-14H,3H2,1-2H3,(H,22,24). The van der Waals surface area contributed by atoms with E-state index in [1.54, 1.807) is 41.3 Å². The average molecular weight is 376 g/mol. The minimum absolute atomic E-state index is 0.213. The lowest BCUT2D eigenvalue weighted by Gasteiger charge is -2.20. The van der Waals surface area contributed by atoms with Crippen LogP contribution < -0.4 is 10.2 Å². The summed E-state index contributed by atoms with van der Waals surface area (Å²) in [4.78, 5) is 25.8. The number of anilines is 3. The van der Waals surface area contributed by atoms with Gasteiger partial charge in [-0.1, -0.05) is 18.2 Å². The van der Waals surface area contributed by atoms with Crippen LogP contribution in [0.4, 0.5) is 17.2 Å². The maximum atomic E-state index is 12.7. The molecule has 0 radical (unpaired) electrons. The van der Waals surface area contributed by atoms with Crippen LogP contribution in [0.15, 0.2) is 66.7 Å². The zero-order chi connectivity index (χ0) is 19.9. The second-order valence-electron chi connectivity index (χ2n) is 5.88. The zero-order valence-corrected chi connectivity index (χ0v) is 15.6. The van der Waals surface area contributed by atoms with Crippen molar-refractivity contribution in [1.82, 2.24) is 10.2 Å². The van der Waals surface area contributed by atoms with Gasteiger partial charge in [0.05, 0.1) is 12.7 Å². The number of ether oxygens (including phenoxy) is 1. The fraction of sp³-hybridized carbons (Fsp3) is 0.143. The quantitative estimate of drug-likeness (QED) is 0.661. The molecule has 3 aromatic rings. The van der Waals surface area contributed by atoms with Gasteiger partial charge < -0.3 is 15.0 Å². The van der Waals surface area contributed by atoms with E-state index in [2.05, 4.69) is 20.3 Å². The zero-order valence-electron chi connectivity index (χ0n) is 15.6. The number of methoxy groups -OCH3 is 1. The van der Waals surface area contributed by atoms with Crippen molar-refractivity contribution < 1.29 is 14.3 Å². The van der Waals surface area contributed by atoms with Gasteiger partial charge in [0.25, 0.3) is 5.91 Å². The van der Waals surface area contributed by atoms with E-state index in [0.29, 0.717) is 17.9 Å². The monoisotopic (exact) mass is 376 g/mol. The third-order valence-corrected chi connectivity index (χ3v) is 4.09. The first-order chi connectivity index (χ1) is 13.6. The summed E-state index contributed by atoms with van der Waals surface area (Å²) in [5.74, 6) is -0.117. The number of hydrogen-bond acceptors (Lipinski definition) is 6. The van der Waals surface area contributed by atoms with Crippen LogP contribution >= 0.6 is 0 Å². The van der Waals surface area contributed by atoms with Crippen molar-refractivity contribution in [3.63, 3.8) is 0 Å². The van der Waals surface area contributed by atoms with Gasteiger partial charge in [-0.05, 0) is 55.5 Å². The predicted molar refractivity (Wildman–Crippen MR) is 107 cm³/mol. The molecule has 0 saturated heterocycles. The molecule has 7 nitrogen and oxygen atoms in total. The Morgan fingerprint density at radius 2 is 1.68 bits per heavy atom. The minimum Gasteiger partial charge on any atom is -0.465 e. The van der Waals surface area contributed by atoms with Crippen LogP contribution in [-0.2, 0) is 4.74 Å². The number of rotatable bonds is 6. The molecule has 0 bridgehead atoms. The molecule has 7 heteroatoms. The third kappa shape index (κ3) is 4.32.